The Morgan fingerprint density at radius 1 is 1.31 bits per heavy atom. The van der Waals surface area contributed by atoms with E-state index >= 15 is 0 Å². The Hall–Kier alpha value is -0.480. The molecule has 0 N–H and O–H groups in total. The van der Waals surface area contributed by atoms with Crippen LogP contribution in [0.4, 0.5) is 8.78 Å². The maximum absolute atomic E-state index is 13.3. The maximum atomic E-state index is 13.3. The Morgan fingerprint density at radius 3 is 2.62 bits per heavy atom. The first-order chi connectivity index (χ1) is 7.61. The molecule has 0 bridgehead atoms. The summed E-state index contributed by atoms with van der Waals surface area (Å²) in [6.07, 6.45) is -0.0366. The summed E-state index contributed by atoms with van der Waals surface area (Å²) in [4.78, 5) is 1.85. The van der Waals surface area contributed by atoms with E-state index in [9.17, 15) is 8.78 Å². The minimum absolute atomic E-state index is 0.0366. The summed E-state index contributed by atoms with van der Waals surface area (Å²) in [7, 11) is 0. The molecule has 0 saturated carbocycles. The van der Waals surface area contributed by atoms with Gasteiger partial charge in [0.05, 0.1) is 6.54 Å². The van der Waals surface area contributed by atoms with Gasteiger partial charge >= 0.3 is 0 Å². The van der Waals surface area contributed by atoms with Crippen LogP contribution in [0.15, 0.2) is 30.3 Å². The molecular formula is C12H14BrF2N. The second kappa shape index (κ2) is 4.80. The van der Waals surface area contributed by atoms with Crippen LogP contribution in [-0.4, -0.2) is 28.7 Å². The zero-order valence-corrected chi connectivity index (χ0v) is 10.5. The smallest absolute Gasteiger partial charge is 0.262 e. The number of hydrogen-bond acceptors (Lipinski definition) is 1. The first-order valence-corrected chi connectivity index (χ1v) is 6.45. The van der Waals surface area contributed by atoms with Crippen LogP contribution >= 0.6 is 15.9 Å². The van der Waals surface area contributed by atoms with Crippen molar-refractivity contribution in [3.63, 3.8) is 0 Å². The molecule has 1 aliphatic rings. The van der Waals surface area contributed by atoms with Crippen LogP contribution in [0.2, 0.25) is 0 Å². The second-order valence-corrected chi connectivity index (χ2v) is 4.91. The van der Waals surface area contributed by atoms with E-state index in [0.29, 0.717) is 11.9 Å². The van der Waals surface area contributed by atoms with Crippen LogP contribution in [-0.2, 0) is 6.54 Å². The first-order valence-electron chi connectivity index (χ1n) is 5.32. The molecular weight excluding hydrogens is 276 g/mol. The average Bonchev–Trinajstić information content (AvgIpc) is 2.54. The fourth-order valence-corrected chi connectivity index (χ4v) is 2.76. The molecule has 0 radical (unpaired) electrons. The fraction of sp³-hybridized carbons (Fsp3) is 0.500. The van der Waals surface area contributed by atoms with Gasteiger partial charge in [-0.1, -0.05) is 46.3 Å². The van der Waals surface area contributed by atoms with Gasteiger partial charge in [0, 0.05) is 24.3 Å². The molecule has 0 aromatic heterocycles. The van der Waals surface area contributed by atoms with Crippen molar-refractivity contribution in [2.45, 2.75) is 24.9 Å². The Kier molecular flexibility index (Phi) is 3.60. The van der Waals surface area contributed by atoms with Crippen LogP contribution in [0.1, 0.15) is 12.0 Å². The van der Waals surface area contributed by atoms with Crippen LogP contribution < -0.4 is 0 Å². The molecule has 16 heavy (non-hydrogen) atoms. The lowest BCUT2D eigenvalue weighted by atomic mass is 10.2. The number of benzene rings is 1. The van der Waals surface area contributed by atoms with Crippen molar-refractivity contribution < 1.29 is 8.78 Å². The van der Waals surface area contributed by atoms with Gasteiger partial charge in [-0.15, -0.1) is 0 Å². The molecule has 4 heteroatoms. The van der Waals surface area contributed by atoms with Crippen molar-refractivity contribution in [2.75, 3.05) is 11.9 Å². The largest absolute Gasteiger partial charge is 0.289 e. The molecule has 1 aliphatic heterocycles. The third kappa shape index (κ3) is 2.80. The third-order valence-corrected chi connectivity index (χ3v) is 3.64. The molecule has 1 fully saturated rings. The molecule has 0 aliphatic carbocycles. The molecule has 1 unspecified atom stereocenters. The van der Waals surface area contributed by atoms with Crippen molar-refractivity contribution in [1.29, 1.82) is 0 Å². The molecule has 1 nitrogen and oxygen atoms in total. The Bertz CT molecular complexity index is 342. The quantitative estimate of drug-likeness (QED) is 0.772. The lowest BCUT2D eigenvalue weighted by Crippen LogP contribution is -2.30. The van der Waals surface area contributed by atoms with Gasteiger partial charge in [-0.05, 0) is 5.56 Å². The van der Waals surface area contributed by atoms with Gasteiger partial charge in [0.2, 0.25) is 0 Å². The van der Waals surface area contributed by atoms with E-state index in [0.717, 1.165) is 5.56 Å². The van der Waals surface area contributed by atoms with Crippen LogP contribution in [0.25, 0.3) is 0 Å². The van der Waals surface area contributed by atoms with Crippen LogP contribution in [0.5, 0.6) is 0 Å². The molecule has 0 amide bonds. The van der Waals surface area contributed by atoms with Gasteiger partial charge in [-0.2, -0.15) is 0 Å². The van der Waals surface area contributed by atoms with Crippen molar-refractivity contribution in [3.05, 3.63) is 35.9 Å². The van der Waals surface area contributed by atoms with Crippen molar-refractivity contribution in [2.24, 2.45) is 0 Å². The van der Waals surface area contributed by atoms with E-state index in [1.165, 1.54) is 0 Å². The highest BCUT2D eigenvalue weighted by molar-refractivity contribution is 9.09. The molecule has 1 aromatic carbocycles. The van der Waals surface area contributed by atoms with Crippen LogP contribution in [0, 0.1) is 0 Å². The number of alkyl halides is 3. The molecule has 1 aromatic rings. The summed E-state index contributed by atoms with van der Waals surface area (Å²) >= 11 is 3.31. The van der Waals surface area contributed by atoms with E-state index in [1.807, 2.05) is 35.2 Å². The monoisotopic (exact) mass is 289 g/mol. The molecule has 1 saturated heterocycles. The SMILES string of the molecule is FC1(F)CC(CBr)N(Cc2ccccc2)C1. The number of hydrogen-bond donors (Lipinski definition) is 0. The topological polar surface area (TPSA) is 3.24 Å². The average molecular weight is 290 g/mol. The number of halogens is 3. The molecule has 88 valence electrons. The van der Waals surface area contributed by atoms with E-state index in [1.54, 1.807) is 0 Å². The van der Waals surface area contributed by atoms with E-state index < -0.39 is 5.92 Å². The van der Waals surface area contributed by atoms with Gasteiger partial charge in [0.15, 0.2) is 0 Å². The molecule has 0 spiro atoms. The summed E-state index contributed by atoms with van der Waals surface area (Å²) in [6.45, 7) is 0.477. The third-order valence-electron chi connectivity index (χ3n) is 2.89. The fourth-order valence-electron chi connectivity index (χ4n) is 2.12. The zero-order valence-electron chi connectivity index (χ0n) is 8.87. The highest BCUT2D eigenvalue weighted by Gasteiger charge is 2.44. The predicted octanol–water partition coefficient (Wildman–Crippen LogP) is 3.29. The number of rotatable bonds is 3. The minimum Gasteiger partial charge on any atom is -0.289 e. The van der Waals surface area contributed by atoms with Crippen molar-refractivity contribution in [1.82, 2.24) is 4.90 Å². The van der Waals surface area contributed by atoms with E-state index in [-0.39, 0.29) is 19.0 Å². The summed E-state index contributed by atoms with van der Waals surface area (Å²) in [5, 5.41) is 0.607. The van der Waals surface area contributed by atoms with Gasteiger partial charge in [-0.25, -0.2) is 8.78 Å². The minimum atomic E-state index is -2.53. The molecule has 1 heterocycles. The summed E-state index contributed by atoms with van der Waals surface area (Å²) in [6, 6.07) is 9.70. The van der Waals surface area contributed by atoms with E-state index in [2.05, 4.69) is 15.9 Å². The summed E-state index contributed by atoms with van der Waals surface area (Å²) < 4.78 is 26.5. The standard InChI is InChI=1S/C12H14BrF2N/c13-7-11-6-12(14,15)9-16(11)8-10-4-2-1-3-5-10/h1-5,11H,6-9H2. The zero-order chi connectivity index (χ0) is 11.6. The summed E-state index contributed by atoms with van der Waals surface area (Å²) in [5.74, 6) is -2.53. The Morgan fingerprint density at radius 2 is 2.00 bits per heavy atom. The Labute approximate surface area is 103 Å². The highest BCUT2D eigenvalue weighted by Crippen LogP contribution is 2.33. The van der Waals surface area contributed by atoms with Crippen molar-refractivity contribution >= 4 is 15.9 Å². The van der Waals surface area contributed by atoms with Gasteiger partial charge in [0.25, 0.3) is 5.92 Å². The van der Waals surface area contributed by atoms with E-state index in [4.69, 9.17) is 0 Å². The number of nitrogens with zero attached hydrogens (tertiary/aromatic N) is 1. The van der Waals surface area contributed by atoms with Gasteiger partial charge in [0.1, 0.15) is 0 Å². The second-order valence-electron chi connectivity index (χ2n) is 4.26. The summed E-state index contributed by atoms with van der Waals surface area (Å²) in [5.41, 5.74) is 1.09. The lowest BCUT2D eigenvalue weighted by Gasteiger charge is -2.21. The predicted molar refractivity (Wildman–Crippen MR) is 64.0 cm³/mol. The Balaban J connectivity index is 2.04. The van der Waals surface area contributed by atoms with Crippen LogP contribution in [0.3, 0.4) is 0 Å². The normalized spacial score (nSPS) is 24.8. The highest BCUT2D eigenvalue weighted by atomic mass is 79.9. The number of likely N-dealkylation sites (tertiary alicyclic amines) is 1. The molecule has 2 rings (SSSR count). The maximum Gasteiger partial charge on any atom is 0.262 e. The lowest BCUT2D eigenvalue weighted by molar-refractivity contribution is 0.0114. The molecule has 1 atom stereocenters. The van der Waals surface area contributed by atoms with Gasteiger partial charge < -0.3 is 0 Å². The van der Waals surface area contributed by atoms with Crippen molar-refractivity contribution in [3.8, 4) is 0 Å². The van der Waals surface area contributed by atoms with Gasteiger partial charge in [-0.3, -0.25) is 4.90 Å². The first kappa shape index (κ1) is 12.0.